The Kier molecular flexibility index (Phi) is 7.09. The van der Waals surface area contributed by atoms with Crippen LogP contribution in [0.15, 0.2) is 48.5 Å². The lowest BCUT2D eigenvalue weighted by molar-refractivity contribution is 0.287. The minimum atomic E-state index is 0.287. The van der Waals surface area contributed by atoms with E-state index >= 15 is 0 Å². The Hall–Kier alpha value is -2.04. The predicted molar refractivity (Wildman–Crippen MR) is 98.7 cm³/mol. The normalized spacial score (nSPS) is 12.2. The molecule has 0 bridgehead atoms. The van der Waals surface area contributed by atoms with Crippen molar-refractivity contribution in [3.63, 3.8) is 0 Å². The SMILES string of the molecule is CCOc1cccc(CNCC(c2cccc(OC)c2)N(C)C)c1. The van der Waals surface area contributed by atoms with Gasteiger partial charge in [0.2, 0.25) is 0 Å². The molecule has 0 aromatic heterocycles. The Morgan fingerprint density at radius 3 is 2.50 bits per heavy atom. The summed E-state index contributed by atoms with van der Waals surface area (Å²) in [5.41, 5.74) is 2.47. The summed E-state index contributed by atoms with van der Waals surface area (Å²) < 4.78 is 10.9. The second-order valence-corrected chi connectivity index (χ2v) is 5.97. The maximum absolute atomic E-state index is 5.56. The molecule has 1 unspecified atom stereocenters. The molecule has 2 aromatic rings. The van der Waals surface area contributed by atoms with Crippen LogP contribution in [0.5, 0.6) is 11.5 Å². The molecule has 0 amide bonds. The summed E-state index contributed by atoms with van der Waals surface area (Å²) in [6, 6.07) is 16.8. The summed E-state index contributed by atoms with van der Waals surface area (Å²) in [7, 11) is 5.90. The zero-order chi connectivity index (χ0) is 17.4. The van der Waals surface area contributed by atoms with Gasteiger partial charge < -0.3 is 19.7 Å². The lowest BCUT2D eigenvalue weighted by atomic mass is 10.1. The van der Waals surface area contributed by atoms with Gasteiger partial charge >= 0.3 is 0 Å². The van der Waals surface area contributed by atoms with Crippen LogP contribution in [0.1, 0.15) is 24.1 Å². The zero-order valence-electron chi connectivity index (χ0n) is 15.1. The molecule has 0 radical (unpaired) electrons. The van der Waals surface area contributed by atoms with Gasteiger partial charge in [-0.3, -0.25) is 0 Å². The summed E-state index contributed by atoms with van der Waals surface area (Å²) in [6.07, 6.45) is 0. The van der Waals surface area contributed by atoms with Gasteiger partial charge in [0, 0.05) is 19.1 Å². The fraction of sp³-hybridized carbons (Fsp3) is 0.400. The van der Waals surface area contributed by atoms with Crippen molar-refractivity contribution < 1.29 is 9.47 Å². The first-order valence-electron chi connectivity index (χ1n) is 8.37. The largest absolute Gasteiger partial charge is 0.497 e. The van der Waals surface area contributed by atoms with Crippen molar-refractivity contribution in [1.82, 2.24) is 10.2 Å². The van der Waals surface area contributed by atoms with Crippen molar-refractivity contribution in [2.45, 2.75) is 19.5 Å². The van der Waals surface area contributed by atoms with Gasteiger partial charge in [0.15, 0.2) is 0 Å². The van der Waals surface area contributed by atoms with Crippen molar-refractivity contribution in [2.75, 3.05) is 34.4 Å². The summed E-state index contributed by atoms with van der Waals surface area (Å²) in [5.74, 6) is 1.82. The molecular weight excluding hydrogens is 300 g/mol. The molecule has 2 aromatic carbocycles. The first-order chi connectivity index (χ1) is 11.6. The first-order valence-corrected chi connectivity index (χ1v) is 8.37. The van der Waals surface area contributed by atoms with E-state index in [0.717, 1.165) is 24.6 Å². The Morgan fingerprint density at radius 1 is 1.04 bits per heavy atom. The highest BCUT2D eigenvalue weighted by atomic mass is 16.5. The van der Waals surface area contributed by atoms with Crippen molar-refractivity contribution in [3.05, 3.63) is 59.7 Å². The van der Waals surface area contributed by atoms with Gasteiger partial charge in [-0.05, 0) is 56.4 Å². The second-order valence-electron chi connectivity index (χ2n) is 5.97. The number of likely N-dealkylation sites (N-methyl/N-ethyl adjacent to an activating group) is 1. The third kappa shape index (κ3) is 5.25. The highest BCUT2D eigenvalue weighted by Gasteiger charge is 2.14. The van der Waals surface area contributed by atoms with Gasteiger partial charge in [0.1, 0.15) is 11.5 Å². The fourth-order valence-electron chi connectivity index (χ4n) is 2.71. The van der Waals surface area contributed by atoms with Gasteiger partial charge in [-0.25, -0.2) is 0 Å². The van der Waals surface area contributed by atoms with E-state index in [1.165, 1.54) is 11.1 Å². The highest BCUT2D eigenvalue weighted by molar-refractivity contribution is 5.31. The molecule has 0 saturated heterocycles. The van der Waals surface area contributed by atoms with Crippen LogP contribution in [0.3, 0.4) is 0 Å². The van der Waals surface area contributed by atoms with Crippen molar-refractivity contribution in [1.29, 1.82) is 0 Å². The van der Waals surface area contributed by atoms with Crippen LogP contribution in [-0.4, -0.2) is 39.3 Å². The lowest BCUT2D eigenvalue weighted by Crippen LogP contribution is -2.30. The molecule has 130 valence electrons. The molecule has 1 N–H and O–H groups in total. The quantitative estimate of drug-likeness (QED) is 0.764. The van der Waals surface area contributed by atoms with Gasteiger partial charge in [0.25, 0.3) is 0 Å². The molecular formula is C20H28N2O2. The molecule has 0 saturated carbocycles. The number of rotatable bonds is 9. The molecule has 0 aliphatic heterocycles. The number of nitrogens with zero attached hydrogens (tertiary/aromatic N) is 1. The van der Waals surface area contributed by atoms with Crippen LogP contribution in [0.2, 0.25) is 0 Å². The number of ether oxygens (including phenoxy) is 2. The van der Waals surface area contributed by atoms with Crippen LogP contribution in [0, 0.1) is 0 Å². The molecule has 0 spiro atoms. The van der Waals surface area contributed by atoms with E-state index in [-0.39, 0.29) is 6.04 Å². The Labute approximate surface area is 145 Å². The van der Waals surface area contributed by atoms with Crippen LogP contribution < -0.4 is 14.8 Å². The molecule has 1 atom stereocenters. The average molecular weight is 328 g/mol. The Balaban J connectivity index is 1.98. The summed E-state index contributed by atoms with van der Waals surface area (Å²) in [4.78, 5) is 2.22. The lowest BCUT2D eigenvalue weighted by Gasteiger charge is -2.25. The maximum atomic E-state index is 5.56. The van der Waals surface area contributed by atoms with Crippen LogP contribution >= 0.6 is 0 Å². The summed E-state index contributed by atoms with van der Waals surface area (Å²) in [5, 5.41) is 3.55. The van der Waals surface area contributed by atoms with E-state index in [1.54, 1.807) is 7.11 Å². The first kappa shape index (κ1) is 18.3. The zero-order valence-corrected chi connectivity index (χ0v) is 15.1. The Bertz CT molecular complexity index is 629. The van der Waals surface area contributed by atoms with E-state index in [1.807, 2.05) is 31.2 Å². The van der Waals surface area contributed by atoms with Gasteiger partial charge in [-0.1, -0.05) is 24.3 Å². The standard InChI is InChI=1S/C20H28N2O2/c1-5-24-19-11-6-8-16(12-19)14-21-15-20(22(2)3)17-9-7-10-18(13-17)23-4/h6-13,20-21H,5,14-15H2,1-4H3. The van der Waals surface area contributed by atoms with Crippen LogP contribution in [0.25, 0.3) is 0 Å². The number of hydrogen-bond acceptors (Lipinski definition) is 4. The van der Waals surface area contributed by atoms with Crippen LogP contribution in [-0.2, 0) is 6.54 Å². The molecule has 4 heteroatoms. The highest BCUT2D eigenvalue weighted by Crippen LogP contribution is 2.22. The average Bonchev–Trinajstić information content (AvgIpc) is 2.59. The minimum absolute atomic E-state index is 0.287. The van der Waals surface area contributed by atoms with E-state index in [9.17, 15) is 0 Å². The number of hydrogen-bond donors (Lipinski definition) is 1. The Morgan fingerprint density at radius 2 is 1.79 bits per heavy atom. The smallest absolute Gasteiger partial charge is 0.119 e. The topological polar surface area (TPSA) is 33.7 Å². The molecule has 2 rings (SSSR count). The van der Waals surface area contributed by atoms with Crippen molar-refractivity contribution >= 4 is 0 Å². The minimum Gasteiger partial charge on any atom is -0.497 e. The van der Waals surface area contributed by atoms with E-state index in [0.29, 0.717) is 6.61 Å². The molecule has 0 aliphatic rings. The molecule has 0 heterocycles. The monoisotopic (exact) mass is 328 g/mol. The van der Waals surface area contributed by atoms with E-state index < -0.39 is 0 Å². The molecule has 24 heavy (non-hydrogen) atoms. The number of methoxy groups -OCH3 is 1. The number of benzene rings is 2. The number of nitrogens with one attached hydrogen (secondary N) is 1. The van der Waals surface area contributed by atoms with Crippen molar-refractivity contribution in [3.8, 4) is 11.5 Å². The van der Waals surface area contributed by atoms with Gasteiger partial charge in [-0.15, -0.1) is 0 Å². The summed E-state index contributed by atoms with van der Waals surface area (Å²) >= 11 is 0. The maximum Gasteiger partial charge on any atom is 0.119 e. The third-order valence-corrected chi connectivity index (χ3v) is 3.98. The third-order valence-electron chi connectivity index (χ3n) is 3.98. The van der Waals surface area contributed by atoms with Gasteiger partial charge in [-0.2, -0.15) is 0 Å². The van der Waals surface area contributed by atoms with E-state index in [4.69, 9.17) is 9.47 Å². The molecule has 4 nitrogen and oxygen atoms in total. The van der Waals surface area contributed by atoms with Crippen molar-refractivity contribution in [2.24, 2.45) is 0 Å². The van der Waals surface area contributed by atoms with E-state index in [2.05, 4.69) is 48.6 Å². The fourth-order valence-corrected chi connectivity index (χ4v) is 2.71. The molecule has 0 fully saturated rings. The van der Waals surface area contributed by atoms with Gasteiger partial charge in [0.05, 0.1) is 13.7 Å². The predicted octanol–water partition coefficient (Wildman–Crippen LogP) is 3.49. The molecule has 0 aliphatic carbocycles. The summed E-state index contributed by atoms with van der Waals surface area (Å²) in [6.45, 7) is 4.37. The second kappa shape index (κ2) is 9.30. The van der Waals surface area contributed by atoms with Crippen LogP contribution in [0.4, 0.5) is 0 Å².